The van der Waals surface area contributed by atoms with Crippen LogP contribution in [0.5, 0.6) is 0 Å². The van der Waals surface area contributed by atoms with Gasteiger partial charge in [-0.1, -0.05) is 36.4 Å². The summed E-state index contributed by atoms with van der Waals surface area (Å²) in [6.07, 6.45) is 0. The van der Waals surface area contributed by atoms with Gasteiger partial charge in [0.25, 0.3) is 11.6 Å². The number of benzene rings is 3. The predicted molar refractivity (Wildman–Crippen MR) is 116 cm³/mol. The van der Waals surface area contributed by atoms with E-state index in [2.05, 4.69) is 0 Å². The number of amides is 1. The molecule has 0 heterocycles. The zero-order chi connectivity index (χ0) is 21.8. The molecule has 0 aromatic heterocycles. The minimum absolute atomic E-state index is 0.148. The first-order chi connectivity index (χ1) is 14.3. The Labute approximate surface area is 174 Å². The van der Waals surface area contributed by atoms with Crippen LogP contribution < -0.4 is 9.80 Å². The summed E-state index contributed by atoms with van der Waals surface area (Å²) in [5, 5.41) is 11.5. The Morgan fingerprint density at radius 1 is 0.833 bits per heavy atom. The van der Waals surface area contributed by atoms with Crippen molar-refractivity contribution in [2.24, 2.45) is 0 Å². The first-order valence-corrected chi connectivity index (χ1v) is 9.24. The first kappa shape index (κ1) is 20.7. The van der Waals surface area contributed by atoms with Gasteiger partial charge in [-0.3, -0.25) is 19.7 Å². The summed E-state index contributed by atoms with van der Waals surface area (Å²) < 4.78 is 0. The van der Waals surface area contributed by atoms with Crippen molar-refractivity contribution >= 4 is 28.8 Å². The lowest BCUT2D eigenvalue weighted by Crippen LogP contribution is -2.28. The van der Waals surface area contributed by atoms with E-state index >= 15 is 0 Å². The maximum Gasteiger partial charge on any atom is 0.293 e. The molecule has 3 aromatic rings. The fraction of sp³-hybridized carbons (Fsp3) is 0.130. The van der Waals surface area contributed by atoms with Crippen molar-refractivity contribution in [3.8, 4) is 0 Å². The third kappa shape index (κ3) is 4.05. The van der Waals surface area contributed by atoms with E-state index in [4.69, 9.17) is 0 Å². The summed E-state index contributed by atoms with van der Waals surface area (Å²) >= 11 is 0. The number of para-hydroxylation sites is 1. The average molecular weight is 403 g/mol. The molecule has 0 radical (unpaired) electrons. The molecule has 30 heavy (non-hydrogen) atoms. The van der Waals surface area contributed by atoms with Gasteiger partial charge in [0, 0.05) is 44.0 Å². The van der Waals surface area contributed by atoms with Crippen LogP contribution in [0.4, 0.5) is 17.1 Å². The zero-order valence-corrected chi connectivity index (χ0v) is 16.9. The summed E-state index contributed by atoms with van der Waals surface area (Å²) in [4.78, 5) is 40.3. The van der Waals surface area contributed by atoms with Gasteiger partial charge in [0.15, 0.2) is 5.78 Å². The standard InChI is InChI=1S/C23H21N3O4/c1-24(2)20-14-13-16(15-21(20)26(29)30)22(27)18-11-7-8-12-19(18)23(28)25(3)17-9-5-4-6-10-17/h4-15H,1-3H3. The summed E-state index contributed by atoms with van der Waals surface area (Å²) in [6, 6.07) is 19.9. The van der Waals surface area contributed by atoms with Gasteiger partial charge in [-0.2, -0.15) is 0 Å². The van der Waals surface area contributed by atoms with Crippen LogP contribution in [-0.4, -0.2) is 37.8 Å². The molecule has 7 nitrogen and oxygen atoms in total. The lowest BCUT2D eigenvalue weighted by atomic mass is 9.96. The van der Waals surface area contributed by atoms with Crippen molar-refractivity contribution < 1.29 is 14.5 Å². The van der Waals surface area contributed by atoms with Crippen LogP contribution in [0.1, 0.15) is 26.3 Å². The van der Waals surface area contributed by atoms with Crippen molar-refractivity contribution in [3.05, 3.63) is 99.6 Å². The van der Waals surface area contributed by atoms with Gasteiger partial charge in [0.2, 0.25) is 0 Å². The van der Waals surface area contributed by atoms with E-state index < -0.39 is 10.7 Å². The Hall–Kier alpha value is -4.00. The van der Waals surface area contributed by atoms with Crippen LogP contribution in [-0.2, 0) is 0 Å². The fourth-order valence-corrected chi connectivity index (χ4v) is 3.16. The van der Waals surface area contributed by atoms with E-state index in [0.29, 0.717) is 11.4 Å². The number of ketones is 1. The summed E-state index contributed by atoms with van der Waals surface area (Å²) in [5.74, 6) is -0.793. The molecule has 0 unspecified atom stereocenters. The van der Waals surface area contributed by atoms with Crippen LogP contribution in [0.3, 0.4) is 0 Å². The van der Waals surface area contributed by atoms with Crippen LogP contribution in [0.15, 0.2) is 72.8 Å². The Bertz CT molecular complexity index is 1110. The normalized spacial score (nSPS) is 10.4. The maximum absolute atomic E-state index is 13.2. The number of nitro groups is 1. The van der Waals surface area contributed by atoms with Crippen molar-refractivity contribution in [1.29, 1.82) is 0 Å². The second-order valence-corrected chi connectivity index (χ2v) is 6.93. The van der Waals surface area contributed by atoms with E-state index in [1.807, 2.05) is 18.2 Å². The number of hydrogen-bond donors (Lipinski definition) is 0. The molecule has 3 rings (SSSR count). The van der Waals surface area contributed by atoms with E-state index in [1.54, 1.807) is 62.4 Å². The predicted octanol–water partition coefficient (Wildman–Crippen LogP) is 4.17. The van der Waals surface area contributed by atoms with Gasteiger partial charge in [-0.05, 0) is 30.3 Å². The Kier molecular flexibility index (Phi) is 5.92. The SMILES string of the molecule is CN(C)c1ccc(C(=O)c2ccccc2C(=O)N(C)c2ccccc2)cc1[N+](=O)[O-]. The van der Waals surface area contributed by atoms with Gasteiger partial charge in [0.1, 0.15) is 5.69 Å². The minimum Gasteiger partial charge on any atom is -0.372 e. The molecule has 0 saturated carbocycles. The number of hydrogen-bond acceptors (Lipinski definition) is 5. The molecule has 0 bridgehead atoms. The molecule has 1 amide bonds. The number of carbonyl (C=O) groups excluding carboxylic acids is 2. The minimum atomic E-state index is -0.521. The van der Waals surface area contributed by atoms with Crippen molar-refractivity contribution in [2.75, 3.05) is 30.9 Å². The smallest absolute Gasteiger partial charge is 0.293 e. The van der Waals surface area contributed by atoms with E-state index in [9.17, 15) is 19.7 Å². The largest absolute Gasteiger partial charge is 0.372 e. The number of nitrogens with zero attached hydrogens (tertiary/aromatic N) is 3. The molecule has 0 aliphatic rings. The molecule has 7 heteroatoms. The van der Waals surface area contributed by atoms with Crippen LogP contribution in [0.25, 0.3) is 0 Å². The van der Waals surface area contributed by atoms with Crippen LogP contribution in [0, 0.1) is 10.1 Å². The van der Waals surface area contributed by atoms with Crippen molar-refractivity contribution in [3.63, 3.8) is 0 Å². The lowest BCUT2D eigenvalue weighted by molar-refractivity contribution is -0.384. The monoisotopic (exact) mass is 403 g/mol. The maximum atomic E-state index is 13.2. The molecule has 0 aliphatic carbocycles. The summed E-state index contributed by atoms with van der Waals surface area (Å²) in [6.45, 7) is 0. The molecule has 0 atom stereocenters. The zero-order valence-electron chi connectivity index (χ0n) is 16.9. The quantitative estimate of drug-likeness (QED) is 0.350. The topological polar surface area (TPSA) is 83.8 Å². The average Bonchev–Trinajstić information content (AvgIpc) is 2.77. The molecule has 3 aromatic carbocycles. The van der Waals surface area contributed by atoms with Crippen LogP contribution in [0.2, 0.25) is 0 Å². The highest BCUT2D eigenvalue weighted by atomic mass is 16.6. The molecular formula is C23H21N3O4. The highest BCUT2D eigenvalue weighted by Gasteiger charge is 2.24. The second-order valence-electron chi connectivity index (χ2n) is 6.93. The number of rotatable bonds is 6. The van der Waals surface area contributed by atoms with Gasteiger partial charge in [0.05, 0.1) is 10.5 Å². The Morgan fingerprint density at radius 3 is 2.03 bits per heavy atom. The molecule has 0 aliphatic heterocycles. The number of nitro benzene ring substituents is 1. The van der Waals surface area contributed by atoms with Gasteiger partial charge in [-0.25, -0.2) is 0 Å². The van der Waals surface area contributed by atoms with Crippen LogP contribution >= 0.6 is 0 Å². The molecular weight excluding hydrogens is 382 g/mol. The number of anilines is 2. The van der Waals surface area contributed by atoms with E-state index in [1.165, 1.54) is 23.1 Å². The highest BCUT2D eigenvalue weighted by Crippen LogP contribution is 2.29. The van der Waals surface area contributed by atoms with E-state index in [0.717, 1.165) is 0 Å². The third-order valence-electron chi connectivity index (χ3n) is 4.77. The summed E-state index contributed by atoms with van der Waals surface area (Å²) in [5.41, 5.74) is 1.48. The highest BCUT2D eigenvalue weighted by molar-refractivity contribution is 6.18. The molecule has 0 N–H and O–H groups in total. The lowest BCUT2D eigenvalue weighted by Gasteiger charge is -2.19. The third-order valence-corrected chi connectivity index (χ3v) is 4.77. The van der Waals surface area contributed by atoms with Gasteiger partial charge >= 0.3 is 0 Å². The Balaban J connectivity index is 2.02. The second kappa shape index (κ2) is 8.57. The number of carbonyl (C=O) groups is 2. The molecule has 0 saturated heterocycles. The molecule has 0 fully saturated rings. The molecule has 152 valence electrons. The molecule has 0 spiro atoms. The van der Waals surface area contributed by atoms with Gasteiger partial charge < -0.3 is 9.80 Å². The van der Waals surface area contributed by atoms with Crippen molar-refractivity contribution in [1.82, 2.24) is 0 Å². The fourth-order valence-electron chi connectivity index (χ4n) is 3.16. The first-order valence-electron chi connectivity index (χ1n) is 9.24. The van der Waals surface area contributed by atoms with Gasteiger partial charge in [-0.15, -0.1) is 0 Å². The van der Waals surface area contributed by atoms with E-state index in [-0.39, 0.29) is 28.3 Å². The Morgan fingerprint density at radius 2 is 1.43 bits per heavy atom. The van der Waals surface area contributed by atoms with Crippen molar-refractivity contribution in [2.45, 2.75) is 0 Å². The summed E-state index contributed by atoms with van der Waals surface area (Å²) in [7, 11) is 5.02.